The summed E-state index contributed by atoms with van der Waals surface area (Å²) in [4.78, 5) is 0. The molecule has 6 heteroatoms. The van der Waals surface area contributed by atoms with Crippen molar-refractivity contribution < 1.29 is 25.2 Å². The van der Waals surface area contributed by atoms with Crippen LogP contribution in [0.15, 0.2) is 0 Å². The van der Waals surface area contributed by atoms with Gasteiger partial charge in [0, 0.05) is 6.54 Å². The minimum atomic E-state index is -1.83. The average Bonchev–Trinajstić information content (AvgIpc) is 2.39. The lowest BCUT2D eigenvalue weighted by Gasteiger charge is -2.25. The van der Waals surface area contributed by atoms with Gasteiger partial charge in [-0.05, 0) is 0 Å². The van der Waals surface area contributed by atoms with Gasteiger partial charge in [0.1, 0.15) is 6.10 Å². The van der Waals surface area contributed by atoms with Crippen LogP contribution in [0, 0.1) is 5.92 Å². The number of aliphatic hydroxyl groups excluding tert-OH is 3. The zero-order chi connectivity index (χ0) is 10.1. The molecule has 0 saturated carbocycles. The van der Waals surface area contributed by atoms with E-state index >= 15 is 0 Å². The van der Waals surface area contributed by atoms with E-state index in [0.29, 0.717) is 0 Å². The van der Waals surface area contributed by atoms with E-state index in [1.165, 1.54) is 0 Å². The van der Waals surface area contributed by atoms with Gasteiger partial charge in [-0.3, -0.25) is 0 Å². The Morgan fingerprint density at radius 3 is 2.31 bits per heavy atom. The molecule has 13 heavy (non-hydrogen) atoms. The van der Waals surface area contributed by atoms with Crippen molar-refractivity contribution in [1.29, 1.82) is 0 Å². The molecule has 0 bridgehead atoms. The Balaban J connectivity index is 2.78. The first kappa shape index (κ1) is 10.8. The molecule has 1 heterocycles. The van der Waals surface area contributed by atoms with Crippen molar-refractivity contribution in [2.45, 2.75) is 18.0 Å². The molecule has 0 spiro atoms. The summed E-state index contributed by atoms with van der Waals surface area (Å²) in [5.74, 6) is -2.60. The Morgan fingerprint density at radius 2 is 2.00 bits per heavy atom. The molecule has 0 amide bonds. The zero-order valence-electron chi connectivity index (χ0n) is 7.13. The summed E-state index contributed by atoms with van der Waals surface area (Å²) in [6.45, 7) is -1.09. The predicted molar refractivity (Wildman–Crippen MR) is 42.5 cm³/mol. The summed E-state index contributed by atoms with van der Waals surface area (Å²) < 4.78 is 4.89. The maximum absolute atomic E-state index is 9.61. The van der Waals surface area contributed by atoms with Crippen LogP contribution in [0.5, 0.6) is 0 Å². The van der Waals surface area contributed by atoms with Crippen molar-refractivity contribution >= 4 is 0 Å². The van der Waals surface area contributed by atoms with Crippen molar-refractivity contribution in [2.75, 3.05) is 19.8 Å². The van der Waals surface area contributed by atoms with Crippen molar-refractivity contribution in [2.24, 2.45) is 11.7 Å². The monoisotopic (exact) mass is 193 g/mol. The quantitative estimate of drug-likeness (QED) is 0.326. The van der Waals surface area contributed by atoms with Gasteiger partial charge in [0.25, 0.3) is 0 Å². The van der Waals surface area contributed by atoms with Gasteiger partial charge in [0.15, 0.2) is 5.79 Å². The van der Waals surface area contributed by atoms with Crippen molar-refractivity contribution in [3.63, 3.8) is 0 Å². The minimum absolute atomic E-state index is 0.0191. The number of rotatable bonds is 3. The van der Waals surface area contributed by atoms with E-state index in [-0.39, 0.29) is 6.54 Å². The molecule has 0 aromatic rings. The highest BCUT2D eigenvalue weighted by atomic mass is 16.7. The highest BCUT2D eigenvalue weighted by Gasteiger charge is 2.52. The third kappa shape index (κ3) is 1.69. The van der Waals surface area contributed by atoms with E-state index in [4.69, 9.17) is 20.7 Å². The molecule has 0 aromatic heterocycles. The highest BCUT2D eigenvalue weighted by Crippen LogP contribution is 2.33. The summed E-state index contributed by atoms with van der Waals surface area (Å²) in [6, 6.07) is 0. The molecule has 0 radical (unpaired) electrons. The lowest BCUT2D eigenvalue weighted by Crippen LogP contribution is -2.45. The molecule has 4 atom stereocenters. The molecule has 0 aromatic carbocycles. The molecule has 1 aliphatic heterocycles. The zero-order valence-corrected chi connectivity index (χ0v) is 7.13. The van der Waals surface area contributed by atoms with Gasteiger partial charge in [-0.25, -0.2) is 0 Å². The number of nitrogens with two attached hydrogens (primary N) is 1. The first-order valence-electron chi connectivity index (χ1n) is 4.09. The maximum atomic E-state index is 9.61. The Kier molecular flexibility index (Phi) is 3.23. The normalized spacial score (nSPS) is 45.5. The molecule has 0 aliphatic carbocycles. The fourth-order valence-corrected chi connectivity index (χ4v) is 1.57. The largest absolute Gasteiger partial charge is 0.394 e. The Bertz CT molecular complexity index is 178. The summed E-state index contributed by atoms with van der Waals surface area (Å²) in [5.41, 5.74) is 5.30. The third-order valence-electron chi connectivity index (χ3n) is 2.39. The van der Waals surface area contributed by atoms with E-state index in [1.54, 1.807) is 0 Å². The van der Waals surface area contributed by atoms with Crippen molar-refractivity contribution in [3.05, 3.63) is 0 Å². The third-order valence-corrected chi connectivity index (χ3v) is 2.39. The number of hydrogen-bond acceptors (Lipinski definition) is 6. The van der Waals surface area contributed by atoms with Crippen LogP contribution in [0.3, 0.4) is 0 Å². The number of ether oxygens (including phenoxy) is 1. The van der Waals surface area contributed by atoms with Gasteiger partial charge in [0.2, 0.25) is 0 Å². The van der Waals surface area contributed by atoms with Gasteiger partial charge in [0.05, 0.1) is 25.2 Å². The Morgan fingerprint density at radius 1 is 1.38 bits per heavy atom. The SMILES string of the molecule is NC[C@H]1[C@H](O)[C@@H](CO)O[C@]1(O)CO. The van der Waals surface area contributed by atoms with Gasteiger partial charge in [-0.15, -0.1) is 0 Å². The molecule has 78 valence electrons. The number of hydrogen-bond donors (Lipinski definition) is 5. The van der Waals surface area contributed by atoms with Crippen molar-refractivity contribution in [1.82, 2.24) is 0 Å². The standard InChI is InChI=1S/C7H15NO5/c8-1-4-6(11)5(2-9)13-7(4,12)3-10/h4-6,9-12H,1-3,8H2/t4-,5+,6-,7+/m0/s1. The molecule has 1 rings (SSSR count). The van der Waals surface area contributed by atoms with E-state index < -0.39 is 37.1 Å². The molecule has 6 N–H and O–H groups in total. The first-order valence-corrected chi connectivity index (χ1v) is 4.09. The van der Waals surface area contributed by atoms with Crippen LogP contribution >= 0.6 is 0 Å². The van der Waals surface area contributed by atoms with E-state index in [9.17, 15) is 10.2 Å². The molecular weight excluding hydrogens is 178 g/mol. The van der Waals surface area contributed by atoms with Gasteiger partial charge in [-0.2, -0.15) is 0 Å². The van der Waals surface area contributed by atoms with E-state index in [1.807, 2.05) is 0 Å². The lowest BCUT2D eigenvalue weighted by molar-refractivity contribution is -0.233. The summed E-state index contributed by atoms with van der Waals surface area (Å²) in [5, 5.41) is 36.7. The fraction of sp³-hybridized carbons (Fsp3) is 1.00. The van der Waals surface area contributed by atoms with E-state index in [0.717, 1.165) is 0 Å². The first-order chi connectivity index (χ1) is 6.09. The molecule has 1 aliphatic rings. The maximum Gasteiger partial charge on any atom is 0.196 e. The molecular formula is C7H15NO5. The predicted octanol–water partition coefficient (Wildman–Crippen LogP) is -3.01. The molecule has 1 fully saturated rings. The van der Waals surface area contributed by atoms with Crippen molar-refractivity contribution in [3.8, 4) is 0 Å². The van der Waals surface area contributed by atoms with Crippen LogP contribution in [0.2, 0.25) is 0 Å². The van der Waals surface area contributed by atoms with Crippen LogP contribution in [0.4, 0.5) is 0 Å². The Labute approximate surface area is 75.6 Å². The molecule has 1 saturated heterocycles. The highest BCUT2D eigenvalue weighted by molar-refractivity contribution is 4.95. The van der Waals surface area contributed by atoms with Crippen LogP contribution < -0.4 is 5.73 Å². The fourth-order valence-electron chi connectivity index (χ4n) is 1.57. The van der Waals surface area contributed by atoms with Crippen LogP contribution in [-0.4, -0.2) is 58.2 Å². The second-order valence-corrected chi connectivity index (χ2v) is 3.17. The smallest absolute Gasteiger partial charge is 0.196 e. The van der Waals surface area contributed by atoms with E-state index in [2.05, 4.69) is 0 Å². The average molecular weight is 193 g/mol. The lowest BCUT2D eigenvalue weighted by atomic mass is 9.94. The topological polar surface area (TPSA) is 116 Å². The second-order valence-electron chi connectivity index (χ2n) is 3.17. The summed E-state index contributed by atoms with van der Waals surface area (Å²) in [7, 11) is 0. The van der Waals surface area contributed by atoms with Crippen LogP contribution in [0.25, 0.3) is 0 Å². The summed E-state index contributed by atoms with van der Waals surface area (Å²) in [6.07, 6.45) is -1.93. The minimum Gasteiger partial charge on any atom is -0.394 e. The van der Waals surface area contributed by atoms with Gasteiger partial charge >= 0.3 is 0 Å². The second kappa shape index (κ2) is 3.87. The van der Waals surface area contributed by atoms with Gasteiger partial charge in [-0.1, -0.05) is 0 Å². The Hall–Kier alpha value is -0.240. The van der Waals surface area contributed by atoms with Gasteiger partial charge < -0.3 is 30.9 Å². The number of aliphatic hydroxyl groups is 4. The molecule has 6 nitrogen and oxygen atoms in total. The molecule has 0 unspecified atom stereocenters. The summed E-state index contributed by atoms with van der Waals surface area (Å²) >= 11 is 0. The van der Waals surface area contributed by atoms with Crippen LogP contribution in [0.1, 0.15) is 0 Å². The van der Waals surface area contributed by atoms with Crippen LogP contribution in [-0.2, 0) is 4.74 Å².